The Bertz CT molecular complexity index is 645. The van der Waals surface area contributed by atoms with Crippen molar-refractivity contribution in [2.24, 2.45) is 0 Å². The van der Waals surface area contributed by atoms with E-state index in [1.165, 1.54) is 6.20 Å². The van der Waals surface area contributed by atoms with Crippen LogP contribution in [0.25, 0.3) is 10.8 Å². The number of carboxylic acids is 1. The lowest BCUT2D eigenvalue weighted by Gasteiger charge is -2.27. The third-order valence-corrected chi connectivity index (χ3v) is 4.38. The van der Waals surface area contributed by atoms with E-state index in [1.807, 2.05) is 43.1 Å². The molecule has 1 heterocycles. The molecule has 1 aromatic heterocycles. The van der Waals surface area contributed by atoms with Crippen molar-refractivity contribution in [3.63, 3.8) is 0 Å². The number of rotatable bonds is 6. The highest BCUT2D eigenvalue weighted by Gasteiger charge is 2.17. The fraction of sp³-hybridized carbons (Fsp3) is 0.375. The number of carboxylic acid groups (broad SMARTS) is 1. The highest BCUT2D eigenvalue weighted by atomic mass is 32.2. The third-order valence-electron chi connectivity index (χ3n) is 3.74. The van der Waals surface area contributed by atoms with Crippen LogP contribution in [0, 0.1) is 0 Å². The van der Waals surface area contributed by atoms with Crippen molar-refractivity contribution < 1.29 is 9.90 Å². The van der Waals surface area contributed by atoms with Crippen LogP contribution in [-0.4, -0.2) is 41.2 Å². The SMILES string of the molecule is CSCCC(C)N(C)c1ncc(C(=O)O)c2ccccc12. The molecule has 0 aliphatic carbocycles. The van der Waals surface area contributed by atoms with Crippen molar-refractivity contribution in [3.8, 4) is 0 Å². The zero-order chi connectivity index (χ0) is 15.4. The molecule has 4 nitrogen and oxygen atoms in total. The Kier molecular flexibility index (Phi) is 5.07. The second-order valence-corrected chi connectivity index (χ2v) is 6.07. The minimum absolute atomic E-state index is 0.250. The maximum atomic E-state index is 11.3. The van der Waals surface area contributed by atoms with Crippen LogP contribution in [0.5, 0.6) is 0 Å². The third kappa shape index (κ3) is 3.29. The molecule has 2 aromatic rings. The monoisotopic (exact) mass is 304 g/mol. The quantitative estimate of drug-likeness (QED) is 0.885. The van der Waals surface area contributed by atoms with Crippen LogP contribution in [0.15, 0.2) is 30.5 Å². The molecule has 0 amide bonds. The lowest BCUT2D eigenvalue weighted by Crippen LogP contribution is -2.30. The van der Waals surface area contributed by atoms with Gasteiger partial charge in [-0.2, -0.15) is 11.8 Å². The molecule has 5 heteroatoms. The number of thioether (sulfide) groups is 1. The van der Waals surface area contributed by atoms with Crippen LogP contribution in [-0.2, 0) is 0 Å². The summed E-state index contributed by atoms with van der Waals surface area (Å²) < 4.78 is 0. The Morgan fingerprint density at radius 1 is 1.38 bits per heavy atom. The maximum Gasteiger partial charge on any atom is 0.337 e. The lowest BCUT2D eigenvalue weighted by atomic mass is 10.1. The van der Waals surface area contributed by atoms with Gasteiger partial charge in [0.05, 0.1) is 5.56 Å². The van der Waals surface area contributed by atoms with E-state index in [0.717, 1.165) is 28.8 Å². The molecule has 1 unspecified atom stereocenters. The second-order valence-electron chi connectivity index (χ2n) is 5.09. The van der Waals surface area contributed by atoms with Crippen LogP contribution in [0.2, 0.25) is 0 Å². The maximum absolute atomic E-state index is 11.3. The Balaban J connectivity index is 2.46. The van der Waals surface area contributed by atoms with Gasteiger partial charge in [-0.1, -0.05) is 24.3 Å². The fourth-order valence-electron chi connectivity index (χ4n) is 2.32. The van der Waals surface area contributed by atoms with E-state index in [2.05, 4.69) is 23.1 Å². The topological polar surface area (TPSA) is 53.4 Å². The smallest absolute Gasteiger partial charge is 0.337 e. The number of pyridine rings is 1. The molecule has 0 fully saturated rings. The van der Waals surface area contributed by atoms with Gasteiger partial charge in [0.2, 0.25) is 0 Å². The van der Waals surface area contributed by atoms with E-state index >= 15 is 0 Å². The molecule has 1 atom stereocenters. The van der Waals surface area contributed by atoms with Crippen molar-refractivity contribution in [2.75, 3.05) is 24.0 Å². The number of anilines is 1. The summed E-state index contributed by atoms with van der Waals surface area (Å²) in [6.07, 6.45) is 4.62. The summed E-state index contributed by atoms with van der Waals surface area (Å²) in [5, 5.41) is 10.9. The normalized spacial score (nSPS) is 12.3. The van der Waals surface area contributed by atoms with Crippen LogP contribution in [0.4, 0.5) is 5.82 Å². The zero-order valence-electron chi connectivity index (χ0n) is 12.5. The molecule has 1 aromatic carbocycles. The summed E-state index contributed by atoms with van der Waals surface area (Å²) in [4.78, 5) is 17.8. The average Bonchev–Trinajstić information content (AvgIpc) is 2.50. The first-order valence-electron chi connectivity index (χ1n) is 6.89. The van der Waals surface area contributed by atoms with Gasteiger partial charge < -0.3 is 10.0 Å². The highest BCUT2D eigenvalue weighted by Crippen LogP contribution is 2.28. The van der Waals surface area contributed by atoms with E-state index in [4.69, 9.17) is 0 Å². The van der Waals surface area contributed by atoms with E-state index in [9.17, 15) is 9.90 Å². The Hall–Kier alpha value is -1.75. The molecule has 0 saturated heterocycles. The molecule has 1 N–H and O–H groups in total. The van der Waals surface area contributed by atoms with Crippen LogP contribution in [0.3, 0.4) is 0 Å². The van der Waals surface area contributed by atoms with E-state index < -0.39 is 5.97 Å². The number of benzene rings is 1. The number of aromatic carboxylic acids is 1. The minimum atomic E-state index is -0.941. The van der Waals surface area contributed by atoms with E-state index in [1.54, 1.807) is 0 Å². The molecule has 0 aliphatic heterocycles. The summed E-state index contributed by atoms with van der Waals surface area (Å²) >= 11 is 1.83. The largest absolute Gasteiger partial charge is 0.478 e. The minimum Gasteiger partial charge on any atom is -0.478 e. The second kappa shape index (κ2) is 6.80. The van der Waals surface area contributed by atoms with Crippen molar-refractivity contribution in [1.82, 2.24) is 4.98 Å². The molecule has 0 saturated carbocycles. The molecular formula is C16H20N2O2S. The first kappa shape index (κ1) is 15.6. The molecule has 0 aliphatic rings. The Morgan fingerprint density at radius 2 is 2.05 bits per heavy atom. The van der Waals surface area contributed by atoms with Gasteiger partial charge in [0.25, 0.3) is 0 Å². The standard InChI is InChI=1S/C16H20N2O2S/c1-11(8-9-21-3)18(2)15-13-7-5-4-6-12(13)14(10-17-15)16(19)20/h4-7,10-11H,8-9H2,1-3H3,(H,19,20). The zero-order valence-corrected chi connectivity index (χ0v) is 13.4. The van der Waals surface area contributed by atoms with Gasteiger partial charge in [-0.25, -0.2) is 9.78 Å². The summed E-state index contributed by atoms with van der Waals surface area (Å²) in [6.45, 7) is 2.16. The molecule has 112 valence electrons. The predicted octanol–water partition coefficient (Wildman–Crippen LogP) is 3.51. The summed E-state index contributed by atoms with van der Waals surface area (Å²) in [6, 6.07) is 7.89. The van der Waals surface area contributed by atoms with Gasteiger partial charge >= 0.3 is 5.97 Å². The van der Waals surface area contributed by atoms with E-state index in [-0.39, 0.29) is 5.56 Å². The lowest BCUT2D eigenvalue weighted by molar-refractivity contribution is 0.0698. The number of carbonyl (C=O) groups is 1. The van der Waals surface area contributed by atoms with Gasteiger partial charge in [0, 0.05) is 30.1 Å². The van der Waals surface area contributed by atoms with E-state index in [0.29, 0.717) is 6.04 Å². The van der Waals surface area contributed by atoms with Gasteiger partial charge in [-0.3, -0.25) is 0 Å². The number of fused-ring (bicyclic) bond motifs is 1. The molecule has 0 bridgehead atoms. The van der Waals surface area contributed by atoms with Crippen LogP contribution in [0.1, 0.15) is 23.7 Å². The van der Waals surface area contributed by atoms with Gasteiger partial charge in [-0.05, 0) is 25.4 Å². The van der Waals surface area contributed by atoms with Gasteiger partial charge in [0.1, 0.15) is 5.82 Å². The van der Waals surface area contributed by atoms with Crippen molar-refractivity contribution in [2.45, 2.75) is 19.4 Å². The van der Waals surface area contributed by atoms with Crippen LogP contribution < -0.4 is 4.90 Å². The average molecular weight is 304 g/mol. The molecular weight excluding hydrogens is 284 g/mol. The number of aromatic nitrogens is 1. The fourth-order valence-corrected chi connectivity index (χ4v) is 2.90. The Labute approximate surface area is 129 Å². The first-order chi connectivity index (χ1) is 10.1. The van der Waals surface area contributed by atoms with Crippen molar-refractivity contribution >= 4 is 34.3 Å². The van der Waals surface area contributed by atoms with Crippen molar-refractivity contribution in [1.29, 1.82) is 0 Å². The highest BCUT2D eigenvalue weighted by molar-refractivity contribution is 7.98. The van der Waals surface area contributed by atoms with Gasteiger partial charge in [0.15, 0.2) is 0 Å². The summed E-state index contributed by atoms with van der Waals surface area (Å²) in [5.41, 5.74) is 0.250. The molecule has 21 heavy (non-hydrogen) atoms. The Morgan fingerprint density at radius 3 is 2.67 bits per heavy atom. The molecule has 0 radical (unpaired) electrons. The first-order valence-corrected chi connectivity index (χ1v) is 8.28. The molecule has 0 spiro atoms. The number of hydrogen-bond donors (Lipinski definition) is 1. The number of nitrogens with zero attached hydrogens (tertiary/aromatic N) is 2. The predicted molar refractivity (Wildman–Crippen MR) is 89.6 cm³/mol. The van der Waals surface area contributed by atoms with Gasteiger partial charge in [-0.15, -0.1) is 0 Å². The molecule has 2 rings (SSSR count). The number of hydrogen-bond acceptors (Lipinski definition) is 4. The van der Waals surface area contributed by atoms with Crippen molar-refractivity contribution in [3.05, 3.63) is 36.0 Å². The van der Waals surface area contributed by atoms with Crippen LogP contribution >= 0.6 is 11.8 Å². The summed E-state index contributed by atoms with van der Waals surface area (Å²) in [7, 11) is 2.01. The summed E-state index contributed by atoms with van der Waals surface area (Å²) in [5.74, 6) is 0.990.